The van der Waals surface area contributed by atoms with Crippen molar-refractivity contribution < 1.29 is 4.79 Å². The van der Waals surface area contributed by atoms with E-state index in [1.807, 2.05) is 13.8 Å². The Morgan fingerprint density at radius 1 is 1.28 bits per heavy atom. The molecule has 1 aliphatic heterocycles. The number of hydrogen-bond donors (Lipinski definition) is 3. The summed E-state index contributed by atoms with van der Waals surface area (Å²) >= 11 is 0. The molecule has 1 unspecified atom stereocenters. The lowest BCUT2D eigenvalue weighted by Gasteiger charge is -2.35. The largest absolute Gasteiger partial charge is 0.354 e. The lowest BCUT2D eigenvalue weighted by molar-refractivity contribution is -0.122. The molecule has 0 saturated carbocycles. The molecule has 6 heteroatoms. The quantitative estimate of drug-likeness (QED) is 0.568. The van der Waals surface area contributed by atoms with E-state index in [1.165, 1.54) is 0 Å². The van der Waals surface area contributed by atoms with Crippen molar-refractivity contribution in [1.82, 2.24) is 20.7 Å². The standard InChI is InChI=1S/C12H27N5O/c1-10(2)14-12(18)8-11(9-13)15-17-6-4-16(3)5-7-17/h10-11,15H,4-9,13H2,1-3H3,(H,14,18). The zero-order valence-electron chi connectivity index (χ0n) is 11.8. The number of piperazine rings is 1. The van der Waals surface area contributed by atoms with Gasteiger partial charge in [0.2, 0.25) is 5.91 Å². The van der Waals surface area contributed by atoms with Crippen molar-refractivity contribution in [3.05, 3.63) is 0 Å². The molecule has 0 aromatic rings. The minimum absolute atomic E-state index is 0.0205. The molecule has 0 aromatic heterocycles. The Hall–Kier alpha value is -0.690. The Labute approximate surface area is 110 Å². The molecule has 1 atom stereocenters. The predicted molar refractivity (Wildman–Crippen MR) is 72.9 cm³/mol. The van der Waals surface area contributed by atoms with Gasteiger partial charge in [0.1, 0.15) is 0 Å². The fourth-order valence-electron chi connectivity index (χ4n) is 1.98. The lowest BCUT2D eigenvalue weighted by Crippen LogP contribution is -2.56. The normalized spacial score (nSPS) is 20.1. The monoisotopic (exact) mass is 257 g/mol. The van der Waals surface area contributed by atoms with Crippen molar-refractivity contribution in [2.24, 2.45) is 5.73 Å². The number of nitrogens with one attached hydrogen (secondary N) is 2. The topological polar surface area (TPSA) is 73.6 Å². The molecular weight excluding hydrogens is 230 g/mol. The van der Waals surface area contributed by atoms with Crippen LogP contribution in [0, 0.1) is 0 Å². The van der Waals surface area contributed by atoms with Crippen molar-refractivity contribution in [3.63, 3.8) is 0 Å². The van der Waals surface area contributed by atoms with Crippen LogP contribution in [0.15, 0.2) is 0 Å². The third-order valence-electron chi connectivity index (χ3n) is 3.03. The molecule has 1 amide bonds. The minimum Gasteiger partial charge on any atom is -0.354 e. The Balaban J connectivity index is 2.30. The summed E-state index contributed by atoms with van der Waals surface area (Å²) in [5.41, 5.74) is 9.07. The van der Waals surface area contributed by atoms with Crippen LogP contribution in [0.3, 0.4) is 0 Å². The summed E-state index contributed by atoms with van der Waals surface area (Å²) in [6.45, 7) is 8.42. The number of amides is 1. The Morgan fingerprint density at radius 2 is 1.89 bits per heavy atom. The van der Waals surface area contributed by atoms with Gasteiger partial charge in [-0.2, -0.15) is 0 Å². The molecule has 1 rings (SSSR count). The second-order valence-corrected chi connectivity index (χ2v) is 5.28. The summed E-state index contributed by atoms with van der Waals surface area (Å²) in [5, 5.41) is 5.06. The summed E-state index contributed by atoms with van der Waals surface area (Å²) in [6.07, 6.45) is 0.432. The zero-order chi connectivity index (χ0) is 13.5. The van der Waals surface area contributed by atoms with Crippen LogP contribution in [0.25, 0.3) is 0 Å². The average Bonchev–Trinajstić information content (AvgIpc) is 2.30. The van der Waals surface area contributed by atoms with E-state index in [4.69, 9.17) is 5.73 Å². The van der Waals surface area contributed by atoms with Crippen LogP contribution < -0.4 is 16.5 Å². The molecule has 18 heavy (non-hydrogen) atoms. The molecule has 1 saturated heterocycles. The lowest BCUT2D eigenvalue weighted by atomic mass is 10.2. The average molecular weight is 257 g/mol. The molecule has 0 aliphatic carbocycles. The van der Waals surface area contributed by atoms with Gasteiger partial charge >= 0.3 is 0 Å². The minimum atomic E-state index is 0.0205. The van der Waals surface area contributed by atoms with Crippen LogP contribution in [0.1, 0.15) is 20.3 Å². The van der Waals surface area contributed by atoms with Crippen LogP contribution >= 0.6 is 0 Å². The van der Waals surface area contributed by atoms with Gasteiger partial charge in [0, 0.05) is 51.2 Å². The highest BCUT2D eigenvalue weighted by Gasteiger charge is 2.19. The number of nitrogens with two attached hydrogens (primary N) is 1. The van der Waals surface area contributed by atoms with Gasteiger partial charge in [0.05, 0.1) is 0 Å². The number of rotatable bonds is 6. The van der Waals surface area contributed by atoms with E-state index in [0.29, 0.717) is 13.0 Å². The van der Waals surface area contributed by atoms with Crippen molar-refractivity contribution in [3.8, 4) is 0 Å². The van der Waals surface area contributed by atoms with E-state index >= 15 is 0 Å². The Kier molecular flexibility index (Phi) is 6.56. The summed E-state index contributed by atoms with van der Waals surface area (Å²) in [6, 6.07) is 0.201. The van der Waals surface area contributed by atoms with Gasteiger partial charge in [0.15, 0.2) is 0 Å². The molecule has 0 spiro atoms. The van der Waals surface area contributed by atoms with Crippen LogP contribution in [-0.2, 0) is 4.79 Å². The first-order chi connectivity index (χ1) is 8.51. The van der Waals surface area contributed by atoms with Gasteiger partial charge in [-0.05, 0) is 20.9 Å². The van der Waals surface area contributed by atoms with E-state index in [0.717, 1.165) is 26.2 Å². The maximum absolute atomic E-state index is 11.7. The number of likely N-dealkylation sites (N-methyl/N-ethyl adjacent to an activating group) is 1. The summed E-state index contributed by atoms with van der Waals surface area (Å²) in [5.74, 6) is 0.0575. The van der Waals surface area contributed by atoms with E-state index in [-0.39, 0.29) is 18.0 Å². The molecule has 4 N–H and O–H groups in total. The van der Waals surface area contributed by atoms with Crippen LogP contribution in [0.2, 0.25) is 0 Å². The van der Waals surface area contributed by atoms with Gasteiger partial charge in [-0.3, -0.25) is 10.2 Å². The maximum Gasteiger partial charge on any atom is 0.221 e. The first-order valence-corrected chi connectivity index (χ1v) is 6.70. The summed E-state index contributed by atoms with van der Waals surface area (Å²) < 4.78 is 0. The number of hydrazine groups is 1. The van der Waals surface area contributed by atoms with Crippen molar-refractivity contribution >= 4 is 5.91 Å². The first kappa shape index (κ1) is 15.4. The van der Waals surface area contributed by atoms with Gasteiger partial charge in [-0.25, -0.2) is 5.01 Å². The molecule has 0 bridgehead atoms. The highest BCUT2D eigenvalue weighted by Crippen LogP contribution is 1.99. The Morgan fingerprint density at radius 3 is 2.39 bits per heavy atom. The van der Waals surface area contributed by atoms with E-state index in [1.54, 1.807) is 0 Å². The van der Waals surface area contributed by atoms with E-state index in [2.05, 4.69) is 27.7 Å². The molecule has 1 fully saturated rings. The van der Waals surface area contributed by atoms with Crippen molar-refractivity contribution in [2.75, 3.05) is 39.8 Å². The second kappa shape index (κ2) is 7.68. The SMILES string of the molecule is CC(C)NC(=O)CC(CN)NN1CCN(C)CC1. The molecule has 0 radical (unpaired) electrons. The molecule has 1 aliphatic rings. The second-order valence-electron chi connectivity index (χ2n) is 5.28. The number of carbonyl (C=O) groups excluding carboxylic acids is 1. The Bertz CT molecular complexity index is 251. The van der Waals surface area contributed by atoms with Crippen molar-refractivity contribution in [2.45, 2.75) is 32.4 Å². The molecule has 106 valence electrons. The van der Waals surface area contributed by atoms with Crippen LogP contribution in [0.5, 0.6) is 0 Å². The first-order valence-electron chi connectivity index (χ1n) is 6.70. The zero-order valence-corrected chi connectivity index (χ0v) is 11.8. The van der Waals surface area contributed by atoms with Crippen LogP contribution in [0.4, 0.5) is 0 Å². The maximum atomic E-state index is 11.7. The molecule has 0 aromatic carbocycles. The number of nitrogens with zero attached hydrogens (tertiary/aromatic N) is 2. The highest BCUT2D eigenvalue weighted by molar-refractivity contribution is 5.76. The third kappa shape index (κ3) is 5.77. The summed E-state index contributed by atoms with van der Waals surface area (Å²) in [7, 11) is 2.12. The summed E-state index contributed by atoms with van der Waals surface area (Å²) in [4.78, 5) is 14.0. The van der Waals surface area contributed by atoms with Crippen molar-refractivity contribution in [1.29, 1.82) is 0 Å². The highest BCUT2D eigenvalue weighted by atomic mass is 16.1. The van der Waals surface area contributed by atoms with Crippen LogP contribution in [-0.4, -0.2) is 67.7 Å². The van der Waals surface area contributed by atoms with Gasteiger partial charge in [-0.15, -0.1) is 0 Å². The van der Waals surface area contributed by atoms with Gasteiger partial charge in [0.25, 0.3) is 0 Å². The number of carbonyl (C=O) groups is 1. The smallest absolute Gasteiger partial charge is 0.221 e. The number of hydrogen-bond acceptors (Lipinski definition) is 5. The third-order valence-corrected chi connectivity index (χ3v) is 3.03. The van der Waals surface area contributed by atoms with Gasteiger partial charge in [-0.1, -0.05) is 0 Å². The van der Waals surface area contributed by atoms with E-state index in [9.17, 15) is 4.79 Å². The molecule has 6 nitrogen and oxygen atoms in total. The van der Waals surface area contributed by atoms with E-state index < -0.39 is 0 Å². The molecular formula is C12H27N5O. The fraction of sp³-hybridized carbons (Fsp3) is 0.917. The van der Waals surface area contributed by atoms with Gasteiger partial charge < -0.3 is 16.0 Å². The predicted octanol–water partition coefficient (Wildman–Crippen LogP) is -1.02. The molecule has 1 heterocycles. The fourth-order valence-corrected chi connectivity index (χ4v) is 1.98.